The van der Waals surface area contributed by atoms with Crippen molar-refractivity contribution in [3.63, 3.8) is 0 Å². The number of nitrogens with two attached hydrogens (primary N) is 1. The Morgan fingerprint density at radius 3 is 2.95 bits per heavy atom. The van der Waals surface area contributed by atoms with Crippen LogP contribution < -0.4 is 11.1 Å². The van der Waals surface area contributed by atoms with Crippen LogP contribution in [-0.2, 0) is 0 Å². The normalized spacial score (nSPS) is 21.6. The third-order valence-electron chi connectivity index (χ3n) is 4.04. The lowest BCUT2D eigenvalue weighted by molar-refractivity contribution is 0.0617. The van der Waals surface area contributed by atoms with Gasteiger partial charge in [-0.1, -0.05) is 0 Å². The first-order chi connectivity index (χ1) is 9.56. The van der Waals surface area contributed by atoms with Gasteiger partial charge in [-0.05, 0) is 30.7 Å². The largest absolute Gasteiger partial charge is 0.399 e. The van der Waals surface area contributed by atoms with E-state index in [9.17, 15) is 9.59 Å². The molecular formula is C14H18N4O2. The Labute approximate surface area is 117 Å². The number of amides is 3. The number of aryl methyl sites for hydroxylation is 1. The number of carbonyl (C=O) groups excluding carboxylic acids is 2. The second kappa shape index (κ2) is 4.70. The number of nitrogens with one attached hydrogen (secondary N) is 1. The molecule has 20 heavy (non-hydrogen) atoms. The first-order valence-electron chi connectivity index (χ1n) is 6.76. The molecule has 6 nitrogen and oxygen atoms in total. The molecule has 1 atom stereocenters. The van der Waals surface area contributed by atoms with E-state index >= 15 is 0 Å². The van der Waals surface area contributed by atoms with E-state index in [4.69, 9.17) is 5.73 Å². The molecule has 0 spiro atoms. The van der Waals surface area contributed by atoms with Crippen molar-refractivity contribution in [2.75, 3.05) is 31.9 Å². The van der Waals surface area contributed by atoms with Gasteiger partial charge in [-0.2, -0.15) is 0 Å². The van der Waals surface area contributed by atoms with Gasteiger partial charge in [-0.15, -0.1) is 0 Å². The SMILES string of the molecule is Cc1cc(C(=O)N2CCN3C(=O)NCC3C2)ccc1N. The maximum atomic E-state index is 12.5. The van der Waals surface area contributed by atoms with Crippen molar-refractivity contribution < 1.29 is 9.59 Å². The van der Waals surface area contributed by atoms with Crippen LogP contribution in [0.2, 0.25) is 0 Å². The number of carbonyl (C=O) groups is 2. The number of urea groups is 1. The summed E-state index contributed by atoms with van der Waals surface area (Å²) in [4.78, 5) is 27.6. The molecule has 0 saturated carbocycles. The molecule has 2 aliphatic rings. The predicted octanol–water partition coefficient (Wildman–Crippen LogP) is 0.427. The molecule has 2 saturated heterocycles. The Morgan fingerprint density at radius 2 is 2.20 bits per heavy atom. The van der Waals surface area contributed by atoms with Crippen molar-refractivity contribution in [3.05, 3.63) is 29.3 Å². The minimum absolute atomic E-state index is 0.00657. The molecule has 106 valence electrons. The number of rotatable bonds is 1. The average molecular weight is 274 g/mol. The summed E-state index contributed by atoms with van der Waals surface area (Å²) in [6, 6.07) is 5.41. The Morgan fingerprint density at radius 1 is 1.40 bits per heavy atom. The van der Waals surface area contributed by atoms with Crippen LogP contribution in [-0.4, -0.2) is 54.0 Å². The summed E-state index contributed by atoms with van der Waals surface area (Å²) in [6.07, 6.45) is 0. The number of nitrogen functional groups attached to an aromatic ring is 1. The number of piperazine rings is 1. The first-order valence-corrected chi connectivity index (χ1v) is 6.76. The topological polar surface area (TPSA) is 78.7 Å². The highest BCUT2D eigenvalue weighted by atomic mass is 16.2. The Balaban J connectivity index is 1.75. The first kappa shape index (κ1) is 12.8. The lowest BCUT2D eigenvalue weighted by atomic mass is 10.1. The van der Waals surface area contributed by atoms with Crippen LogP contribution in [0, 0.1) is 6.92 Å². The van der Waals surface area contributed by atoms with E-state index in [0.717, 1.165) is 5.56 Å². The van der Waals surface area contributed by atoms with Gasteiger partial charge in [0.05, 0.1) is 6.04 Å². The van der Waals surface area contributed by atoms with Gasteiger partial charge in [0.1, 0.15) is 0 Å². The standard InChI is InChI=1S/C14H18N4O2/c1-9-6-10(2-3-12(9)15)13(19)17-4-5-18-11(8-17)7-16-14(18)20/h2-3,6,11H,4-5,7-8,15H2,1H3,(H,16,20). The third-order valence-corrected chi connectivity index (χ3v) is 4.04. The molecular weight excluding hydrogens is 256 g/mol. The molecule has 1 aromatic rings. The van der Waals surface area contributed by atoms with Crippen LogP contribution in [0.5, 0.6) is 0 Å². The van der Waals surface area contributed by atoms with E-state index in [0.29, 0.717) is 37.4 Å². The van der Waals surface area contributed by atoms with E-state index in [-0.39, 0.29) is 18.0 Å². The summed E-state index contributed by atoms with van der Waals surface area (Å²) in [5, 5.41) is 2.81. The molecule has 2 fully saturated rings. The van der Waals surface area contributed by atoms with Crippen molar-refractivity contribution in [2.45, 2.75) is 13.0 Å². The number of nitrogens with zero attached hydrogens (tertiary/aromatic N) is 2. The van der Waals surface area contributed by atoms with Crippen molar-refractivity contribution in [1.29, 1.82) is 0 Å². The van der Waals surface area contributed by atoms with E-state index in [1.807, 2.05) is 17.9 Å². The lowest BCUT2D eigenvalue weighted by Gasteiger charge is -2.36. The Hall–Kier alpha value is -2.24. The zero-order chi connectivity index (χ0) is 14.3. The van der Waals surface area contributed by atoms with Crippen LogP contribution in [0.3, 0.4) is 0 Å². The van der Waals surface area contributed by atoms with Crippen LogP contribution >= 0.6 is 0 Å². The van der Waals surface area contributed by atoms with Crippen LogP contribution in [0.1, 0.15) is 15.9 Å². The monoisotopic (exact) mass is 274 g/mol. The highest BCUT2D eigenvalue weighted by Gasteiger charge is 2.36. The fourth-order valence-corrected chi connectivity index (χ4v) is 2.78. The molecule has 3 rings (SSSR count). The zero-order valence-corrected chi connectivity index (χ0v) is 11.4. The molecule has 0 aromatic heterocycles. The summed E-state index contributed by atoms with van der Waals surface area (Å²) in [5.41, 5.74) is 8.03. The molecule has 3 amide bonds. The number of benzene rings is 1. The molecule has 1 unspecified atom stereocenters. The maximum Gasteiger partial charge on any atom is 0.317 e. The van der Waals surface area contributed by atoms with E-state index in [2.05, 4.69) is 5.32 Å². The zero-order valence-electron chi connectivity index (χ0n) is 11.4. The van der Waals surface area contributed by atoms with Crippen LogP contribution in [0.15, 0.2) is 18.2 Å². The fraction of sp³-hybridized carbons (Fsp3) is 0.429. The number of hydrogen-bond acceptors (Lipinski definition) is 3. The highest BCUT2D eigenvalue weighted by molar-refractivity contribution is 5.95. The molecule has 2 aliphatic heterocycles. The summed E-state index contributed by atoms with van der Waals surface area (Å²) in [6.45, 7) is 4.26. The molecule has 2 heterocycles. The average Bonchev–Trinajstić information content (AvgIpc) is 2.82. The maximum absolute atomic E-state index is 12.5. The second-order valence-electron chi connectivity index (χ2n) is 5.36. The molecule has 0 bridgehead atoms. The van der Waals surface area contributed by atoms with Gasteiger partial charge in [-0.25, -0.2) is 4.79 Å². The van der Waals surface area contributed by atoms with Gasteiger partial charge >= 0.3 is 6.03 Å². The van der Waals surface area contributed by atoms with Gasteiger partial charge in [0.15, 0.2) is 0 Å². The van der Waals surface area contributed by atoms with Crippen molar-refractivity contribution in [1.82, 2.24) is 15.1 Å². The highest BCUT2D eigenvalue weighted by Crippen LogP contribution is 2.18. The van der Waals surface area contributed by atoms with Gasteiger partial charge in [-0.3, -0.25) is 4.79 Å². The minimum atomic E-state index is -0.0228. The van der Waals surface area contributed by atoms with E-state index in [1.54, 1.807) is 17.0 Å². The number of fused-ring (bicyclic) bond motifs is 1. The van der Waals surface area contributed by atoms with Gasteiger partial charge in [0, 0.05) is 37.4 Å². The molecule has 3 N–H and O–H groups in total. The molecule has 6 heteroatoms. The summed E-state index contributed by atoms with van der Waals surface area (Å²) < 4.78 is 0. The van der Waals surface area contributed by atoms with E-state index in [1.165, 1.54) is 0 Å². The molecule has 0 aliphatic carbocycles. The smallest absolute Gasteiger partial charge is 0.317 e. The van der Waals surface area contributed by atoms with Gasteiger partial charge < -0.3 is 20.9 Å². The van der Waals surface area contributed by atoms with Crippen LogP contribution in [0.4, 0.5) is 10.5 Å². The second-order valence-corrected chi connectivity index (χ2v) is 5.36. The fourth-order valence-electron chi connectivity index (χ4n) is 2.78. The summed E-state index contributed by atoms with van der Waals surface area (Å²) in [7, 11) is 0. The lowest BCUT2D eigenvalue weighted by Crippen LogP contribution is -2.53. The van der Waals surface area contributed by atoms with Gasteiger partial charge in [0.25, 0.3) is 5.91 Å². The number of hydrogen-bond donors (Lipinski definition) is 2. The van der Waals surface area contributed by atoms with Crippen molar-refractivity contribution in [2.24, 2.45) is 0 Å². The Kier molecular flexibility index (Phi) is 3.00. The molecule has 0 radical (unpaired) electrons. The summed E-state index contributed by atoms with van der Waals surface area (Å²) >= 11 is 0. The quantitative estimate of drug-likeness (QED) is 0.729. The predicted molar refractivity (Wildman–Crippen MR) is 75.4 cm³/mol. The Bertz CT molecular complexity index is 572. The van der Waals surface area contributed by atoms with Crippen molar-refractivity contribution in [3.8, 4) is 0 Å². The van der Waals surface area contributed by atoms with Crippen molar-refractivity contribution >= 4 is 17.6 Å². The third kappa shape index (κ3) is 2.07. The number of anilines is 1. The van der Waals surface area contributed by atoms with E-state index < -0.39 is 0 Å². The van der Waals surface area contributed by atoms with Gasteiger partial charge in [0.2, 0.25) is 0 Å². The van der Waals surface area contributed by atoms with Crippen LogP contribution in [0.25, 0.3) is 0 Å². The summed E-state index contributed by atoms with van der Waals surface area (Å²) in [5.74, 6) is 0.00657. The minimum Gasteiger partial charge on any atom is -0.399 e. The molecule has 1 aromatic carbocycles.